The van der Waals surface area contributed by atoms with Crippen LogP contribution in [0.1, 0.15) is 31.7 Å². The van der Waals surface area contributed by atoms with Crippen LogP contribution in [0.5, 0.6) is 0 Å². The fourth-order valence-corrected chi connectivity index (χ4v) is 1.88. The van der Waals surface area contributed by atoms with Crippen molar-refractivity contribution in [3.05, 3.63) is 29.8 Å². The lowest BCUT2D eigenvalue weighted by Gasteiger charge is -2.22. The number of para-hydroxylation sites is 1. The van der Waals surface area contributed by atoms with Crippen LogP contribution in [-0.4, -0.2) is 30.2 Å². The van der Waals surface area contributed by atoms with Crippen LogP contribution in [0.2, 0.25) is 0 Å². The molecule has 0 unspecified atom stereocenters. The number of hydrogen-bond acceptors (Lipinski definition) is 3. The van der Waals surface area contributed by atoms with E-state index in [1.807, 2.05) is 13.0 Å². The molecule has 1 atom stereocenters. The Kier molecular flexibility index (Phi) is 6.21. The third kappa shape index (κ3) is 4.49. The number of benzene rings is 1. The van der Waals surface area contributed by atoms with Gasteiger partial charge in [-0.2, -0.15) is 5.26 Å². The Morgan fingerprint density at radius 3 is 2.67 bits per heavy atom. The molecule has 0 aliphatic rings. The number of hydrogen-bond donors (Lipinski definition) is 2. The molecule has 1 rings (SSSR count). The number of anilines is 1. The van der Waals surface area contributed by atoms with E-state index in [1.165, 1.54) is 11.9 Å². The number of rotatable bonds is 6. The largest absolute Gasteiger partial charge is 0.480 e. The first-order valence-corrected chi connectivity index (χ1v) is 6.77. The van der Waals surface area contributed by atoms with E-state index in [9.17, 15) is 9.59 Å². The van der Waals surface area contributed by atoms with E-state index in [0.717, 1.165) is 12.8 Å². The van der Waals surface area contributed by atoms with E-state index >= 15 is 0 Å². The van der Waals surface area contributed by atoms with E-state index < -0.39 is 18.0 Å². The summed E-state index contributed by atoms with van der Waals surface area (Å²) in [5, 5.41) is 20.6. The van der Waals surface area contributed by atoms with Crippen molar-refractivity contribution >= 4 is 17.7 Å². The second-order valence-electron chi connectivity index (χ2n) is 4.67. The van der Waals surface area contributed by atoms with Gasteiger partial charge in [-0.3, -0.25) is 4.90 Å². The Morgan fingerprint density at radius 2 is 2.10 bits per heavy atom. The molecule has 112 valence electrons. The van der Waals surface area contributed by atoms with E-state index in [2.05, 4.69) is 5.32 Å². The average Bonchev–Trinajstić information content (AvgIpc) is 2.49. The first kappa shape index (κ1) is 16.5. The standard InChI is InChI=1S/C15H19N3O3/c1-3-4-8-12(14(19)20)17-15(21)18(2)13-9-6-5-7-11(13)10-16/h5-7,9,12H,3-4,8H2,1-2H3,(H,17,21)(H,19,20)/t12-/m0/s1. The number of carbonyl (C=O) groups is 2. The summed E-state index contributed by atoms with van der Waals surface area (Å²) in [6.07, 6.45) is 1.95. The number of nitrogens with one attached hydrogen (secondary N) is 1. The molecule has 0 aromatic heterocycles. The fourth-order valence-electron chi connectivity index (χ4n) is 1.88. The molecule has 0 radical (unpaired) electrons. The maximum Gasteiger partial charge on any atom is 0.326 e. The number of carboxylic acids is 1. The van der Waals surface area contributed by atoms with Gasteiger partial charge in [0, 0.05) is 7.05 Å². The minimum Gasteiger partial charge on any atom is -0.480 e. The maximum absolute atomic E-state index is 12.1. The molecular formula is C15H19N3O3. The number of unbranched alkanes of at least 4 members (excludes halogenated alkanes) is 1. The minimum atomic E-state index is -1.06. The van der Waals surface area contributed by atoms with Gasteiger partial charge >= 0.3 is 12.0 Å². The summed E-state index contributed by atoms with van der Waals surface area (Å²) in [5.41, 5.74) is 0.799. The minimum absolute atomic E-state index is 0.357. The highest BCUT2D eigenvalue weighted by Gasteiger charge is 2.22. The SMILES string of the molecule is CCCC[C@H](NC(=O)N(C)c1ccccc1C#N)C(=O)O. The second kappa shape index (κ2) is 7.90. The quantitative estimate of drug-likeness (QED) is 0.840. The van der Waals surface area contributed by atoms with Gasteiger partial charge in [-0.15, -0.1) is 0 Å². The van der Waals surface area contributed by atoms with Gasteiger partial charge < -0.3 is 10.4 Å². The summed E-state index contributed by atoms with van der Waals surface area (Å²) in [4.78, 5) is 24.5. The Balaban J connectivity index is 2.82. The van der Waals surface area contributed by atoms with E-state index in [1.54, 1.807) is 24.3 Å². The zero-order chi connectivity index (χ0) is 15.8. The van der Waals surface area contributed by atoms with Crippen molar-refractivity contribution in [2.24, 2.45) is 0 Å². The van der Waals surface area contributed by atoms with Crippen LogP contribution in [0.25, 0.3) is 0 Å². The first-order chi connectivity index (χ1) is 10.0. The smallest absolute Gasteiger partial charge is 0.326 e. The molecule has 0 aliphatic heterocycles. The van der Waals surface area contributed by atoms with Crippen LogP contribution >= 0.6 is 0 Å². The fraction of sp³-hybridized carbons (Fsp3) is 0.400. The summed E-state index contributed by atoms with van der Waals surface area (Å²) in [5.74, 6) is -1.06. The monoisotopic (exact) mass is 289 g/mol. The predicted octanol–water partition coefficient (Wildman–Crippen LogP) is 2.35. The summed E-state index contributed by atoms with van der Waals surface area (Å²) in [6.45, 7) is 1.95. The van der Waals surface area contributed by atoms with Gasteiger partial charge in [0.05, 0.1) is 11.3 Å². The molecule has 0 fully saturated rings. The van der Waals surface area contributed by atoms with Crippen molar-refractivity contribution in [3.8, 4) is 6.07 Å². The van der Waals surface area contributed by atoms with E-state index in [0.29, 0.717) is 17.7 Å². The zero-order valence-electron chi connectivity index (χ0n) is 12.2. The number of nitriles is 1. The summed E-state index contributed by atoms with van der Waals surface area (Å²) in [6, 6.07) is 7.20. The topological polar surface area (TPSA) is 93.4 Å². The highest BCUT2D eigenvalue weighted by Crippen LogP contribution is 2.18. The third-order valence-electron chi connectivity index (χ3n) is 3.13. The average molecular weight is 289 g/mol. The van der Waals surface area contributed by atoms with Gasteiger partial charge in [-0.25, -0.2) is 9.59 Å². The first-order valence-electron chi connectivity index (χ1n) is 6.77. The van der Waals surface area contributed by atoms with Gasteiger partial charge in [0.15, 0.2) is 0 Å². The van der Waals surface area contributed by atoms with Crippen molar-refractivity contribution < 1.29 is 14.7 Å². The van der Waals surface area contributed by atoms with Crippen LogP contribution in [0.4, 0.5) is 10.5 Å². The number of aliphatic carboxylic acids is 1. The molecule has 1 aromatic rings. The third-order valence-corrected chi connectivity index (χ3v) is 3.13. The van der Waals surface area contributed by atoms with Gasteiger partial charge in [0.25, 0.3) is 0 Å². The molecule has 0 saturated carbocycles. The van der Waals surface area contributed by atoms with Crippen LogP contribution in [0.3, 0.4) is 0 Å². The summed E-state index contributed by atoms with van der Waals surface area (Å²) in [7, 11) is 1.50. The number of urea groups is 1. The molecule has 0 spiro atoms. The van der Waals surface area contributed by atoms with Crippen LogP contribution in [0, 0.1) is 11.3 Å². The molecule has 0 heterocycles. The molecule has 0 saturated heterocycles. The molecule has 2 amide bonds. The van der Waals surface area contributed by atoms with Crippen LogP contribution in [-0.2, 0) is 4.79 Å². The van der Waals surface area contributed by atoms with Crippen molar-refractivity contribution in [3.63, 3.8) is 0 Å². The molecule has 1 aromatic carbocycles. The lowest BCUT2D eigenvalue weighted by Crippen LogP contribution is -2.47. The van der Waals surface area contributed by atoms with Crippen molar-refractivity contribution in [2.45, 2.75) is 32.2 Å². The highest BCUT2D eigenvalue weighted by molar-refractivity contribution is 5.95. The zero-order valence-corrected chi connectivity index (χ0v) is 12.2. The Morgan fingerprint density at radius 1 is 1.43 bits per heavy atom. The van der Waals surface area contributed by atoms with Gasteiger partial charge in [-0.05, 0) is 18.6 Å². The van der Waals surface area contributed by atoms with Crippen molar-refractivity contribution in [2.75, 3.05) is 11.9 Å². The van der Waals surface area contributed by atoms with E-state index in [4.69, 9.17) is 10.4 Å². The lowest BCUT2D eigenvalue weighted by molar-refractivity contribution is -0.139. The van der Waals surface area contributed by atoms with Crippen molar-refractivity contribution in [1.29, 1.82) is 5.26 Å². The Labute approximate surface area is 124 Å². The van der Waals surface area contributed by atoms with Crippen LogP contribution in [0.15, 0.2) is 24.3 Å². The number of carbonyl (C=O) groups excluding carboxylic acids is 1. The number of amides is 2. The predicted molar refractivity (Wildman–Crippen MR) is 79.0 cm³/mol. The molecule has 6 heteroatoms. The molecule has 0 bridgehead atoms. The van der Waals surface area contributed by atoms with Crippen LogP contribution < -0.4 is 10.2 Å². The molecule has 0 aliphatic carbocycles. The molecule has 21 heavy (non-hydrogen) atoms. The Bertz CT molecular complexity index is 551. The van der Waals surface area contributed by atoms with Gasteiger partial charge in [-0.1, -0.05) is 31.9 Å². The normalized spacial score (nSPS) is 11.3. The van der Waals surface area contributed by atoms with Crippen molar-refractivity contribution in [1.82, 2.24) is 5.32 Å². The summed E-state index contributed by atoms with van der Waals surface area (Å²) < 4.78 is 0. The van der Waals surface area contributed by atoms with Gasteiger partial charge in [0.2, 0.25) is 0 Å². The Hall–Kier alpha value is -2.55. The second-order valence-corrected chi connectivity index (χ2v) is 4.67. The number of nitrogens with zero attached hydrogens (tertiary/aromatic N) is 2. The van der Waals surface area contributed by atoms with Gasteiger partial charge in [0.1, 0.15) is 12.1 Å². The molecular weight excluding hydrogens is 270 g/mol. The summed E-state index contributed by atoms with van der Waals surface area (Å²) >= 11 is 0. The highest BCUT2D eigenvalue weighted by atomic mass is 16.4. The number of carboxylic acid groups (broad SMARTS) is 1. The maximum atomic E-state index is 12.1. The molecule has 6 nitrogen and oxygen atoms in total. The van der Waals surface area contributed by atoms with E-state index in [-0.39, 0.29) is 0 Å². The lowest BCUT2D eigenvalue weighted by atomic mass is 10.1. The molecule has 2 N–H and O–H groups in total.